The van der Waals surface area contributed by atoms with Crippen LogP contribution >= 0.6 is 0 Å². The Balaban J connectivity index is 2.12. The summed E-state index contributed by atoms with van der Waals surface area (Å²) in [5.41, 5.74) is -0.328. The van der Waals surface area contributed by atoms with E-state index in [2.05, 4.69) is 24.1 Å². The van der Waals surface area contributed by atoms with Crippen LogP contribution in [0.5, 0.6) is 0 Å². The maximum absolute atomic E-state index is 12.5. The largest absolute Gasteiger partial charge is 0.323 e. The molecule has 0 spiro atoms. The van der Waals surface area contributed by atoms with E-state index in [0.717, 1.165) is 6.42 Å². The zero-order chi connectivity index (χ0) is 12.5. The van der Waals surface area contributed by atoms with E-state index < -0.39 is 0 Å². The Bertz CT molecular complexity index is 284. The number of carbonyl (C=O) groups is 1. The summed E-state index contributed by atoms with van der Waals surface area (Å²) in [6.45, 7) is 6.26. The van der Waals surface area contributed by atoms with E-state index in [0.29, 0.717) is 11.9 Å². The van der Waals surface area contributed by atoms with Crippen LogP contribution in [0.4, 0.5) is 0 Å². The first-order chi connectivity index (χ1) is 8.08. The van der Waals surface area contributed by atoms with Crippen molar-refractivity contribution in [2.75, 3.05) is 0 Å². The summed E-state index contributed by atoms with van der Waals surface area (Å²) in [5, 5.41) is 3.47. The van der Waals surface area contributed by atoms with Gasteiger partial charge in [0.05, 0.1) is 11.7 Å². The van der Waals surface area contributed by atoms with Gasteiger partial charge in [-0.3, -0.25) is 10.1 Å². The molecule has 1 amide bonds. The van der Waals surface area contributed by atoms with Gasteiger partial charge in [0, 0.05) is 6.04 Å². The Labute approximate surface area is 105 Å². The third kappa shape index (κ3) is 2.35. The number of carbonyl (C=O) groups excluding carboxylic acids is 1. The van der Waals surface area contributed by atoms with Gasteiger partial charge in [-0.1, -0.05) is 32.6 Å². The fraction of sp³-hybridized carbons (Fsp3) is 0.929. The molecule has 1 N–H and O–H groups in total. The molecule has 17 heavy (non-hydrogen) atoms. The van der Waals surface area contributed by atoms with Crippen LogP contribution in [0.1, 0.15) is 65.7 Å². The summed E-state index contributed by atoms with van der Waals surface area (Å²) in [5.74, 6) is 0.319. The number of rotatable bonds is 2. The SMILES string of the molecule is CCC1(C)NC(C)N(C2CCCCCC2)C1=O. The van der Waals surface area contributed by atoms with Crippen LogP contribution < -0.4 is 5.32 Å². The predicted octanol–water partition coefficient (Wildman–Crippen LogP) is 2.66. The van der Waals surface area contributed by atoms with Gasteiger partial charge in [0.25, 0.3) is 0 Å². The van der Waals surface area contributed by atoms with Crippen molar-refractivity contribution in [1.82, 2.24) is 10.2 Å². The molecular formula is C14H26N2O. The molecule has 2 atom stereocenters. The molecule has 98 valence electrons. The highest BCUT2D eigenvalue weighted by molar-refractivity contribution is 5.88. The highest BCUT2D eigenvalue weighted by atomic mass is 16.2. The van der Waals surface area contributed by atoms with Crippen molar-refractivity contribution in [3.05, 3.63) is 0 Å². The lowest BCUT2D eigenvalue weighted by Crippen LogP contribution is -2.45. The molecule has 0 aromatic heterocycles. The van der Waals surface area contributed by atoms with Crippen molar-refractivity contribution >= 4 is 5.91 Å². The van der Waals surface area contributed by atoms with Gasteiger partial charge in [0.15, 0.2) is 0 Å². The summed E-state index contributed by atoms with van der Waals surface area (Å²) >= 11 is 0. The van der Waals surface area contributed by atoms with E-state index in [1.54, 1.807) is 0 Å². The van der Waals surface area contributed by atoms with Crippen molar-refractivity contribution in [1.29, 1.82) is 0 Å². The molecule has 1 heterocycles. The fourth-order valence-corrected chi connectivity index (χ4v) is 3.32. The Morgan fingerprint density at radius 2 is 1.88 bits per heavy atom. The Hall–Kier alpha value is -0.570. The molecule has 2 fully saturated rings. The zero-order valence-electron chi connectivity index (χ0n) is 11.5. The average molecular weight is 238 g/mol. The smallest absolute Gasteiger partial charge is 0.244 e. The molecule has 1 saturated carbocycles. The minimum absolute atomic E-state index is 0.204. The monoisotopic (exact) mass is 238 g/mol. The van der Waals surface area contributed by atoms with Gasteiger partial charge in [0.2, 0.25) is 5.91 Å². The van der Waals surface area contributed by atoms with Crippen molar-refractivity contribution in [2.45, 2.75) is 83.5 Å². The van der Waals surface area contributed by atoms with Crippen LogP contribution in [-0.4, -0.2) is 28.6 Å². The van der Waals surface area contributed by atoms with Crippen LogP contribution in [0.15, 0.2) is 0 Å². The molecule has 0 radical (unpaired) electrons. The standard InChI is InChI=1S/C14H26N2O/c1-4-14(3)13(17)16(11(2)15-14)12-9-7-5-6-8-10-12/h11-12,15H,4-10H2,1-3H3. The molecule has 1 aliphatic heterocycles. The molecule has 0 aromatic rings. The molecule has 1 saturated heterocycles. The van der Waals surface area contributed by atoms with Gasteiger partial charge >= 0.3 is 0 Å². The Morgan fingerprint density at radius 3 is 2.35 bits per heavy atom. The topological polar surface area (TPSA) is 32.3 Å². The lowest BCUT2D eigenvalue weighted by molar-refractivity contribution is -0.135. The number of nitrogens with zero attached hydrogens (tertiary/aromatic N) is 1. The van der Waals surface area contributed by atoms with E-state index in [1.165, 1.54) is 38.5 Å². The molecule has 3 nitrogen and oxygen atoms in total. The third-order valence-electron chi connectivity index (χ3n) is 4.58. The first kappa shape index (κ1) is 12.9. The summed E-state index contributed by atoms with van der Waals surface area (Å²) in [4.78, 5) is 14.7. The minimum Gasteiger partial charge on any atom is -0.323 e. The molecule has 0 bridgehead atoms. The van der Waals surface area contributed by atoms with Gasteiger partial charge in [0.1, 0.15) is 0 Å². The first-order valence-electron chi connectivity index (χ1n) is 7.19. The summed E-state index contributed by atoms with van der Waals surface area (Å²) in [7, 11) is 0. The van der Waals surface area contributed by atoms with Gasteiger partial charge in [-0.2, -0.15) is 0 Å². The lowest BCUT2D eigenvalue weighted by atomic mass is 9.98. The van der Waals surface area contributed by atoms with Crippen LogP contribution in [0, 0.1) is 0 Å². The highest BCUT2D eigenvalue weighted by Gasteiger charge is 2.47. The highest BCUT2D eigenvalue weighted by Crippen LogP contribution is 2.30. The van der Waals surface area contributed by atoms with Gasteiger partial charge in [-0.25, -0.2) is 0 Å². The first-order valence-corrected chi connectivity index (χ1v) is 7.19. The van der Waals surface area contributed by atoms with Crippen molar-refractivity contribution < 1.29 is 4.79 Å². The summed E-state index contributed by atoms with van der Waals surface area (Å²) in [6.07, 6.45) is 8.70. The summed E-state index contributed by atoms with van der Waals surface area (Å²) in [6, 6.07) is 0.473. The van der Waals surface area contributed by atoms with E-state index >= 15 is 0 Å². The second kappa shape index (κ2) is 4.97. The maximum Gasteiger partial charge on any atom is 0.244 e. The second-order valence-corrected chi connectivity index (χ2v) is 5.86. The van der Waals surface area contributed by atoms with Crippen molar-refractivity contribution in [2.24, 2.45) is 0 Å². The molecule has 1 aliphatic carbocycles. The van der Waals surface area contributed by atoms with Crippen molar-refractivity contribution in [3.63, 3.8) is 0 Å². The van der Waals surface area contributed by atoms with Crippen LogP contribution in [0.25, 0.3) is 0 Å². The average Bonchev–Trinajstić information content (AvgIpc) is 2.54. The number of amides is 1. The van der Waals surface area contributed by atoms with E-state index in [9.17, 15) is 4.79 Å². The molecular weight excluding hydrogens is 212 g/mol. The van der Waals surface area contributed by atoms with Gasteiger partial charge in [-0.05, 0) is 33.1 Å². The predicted molar refractivity (Wildman–Crippen MR) is 69.6 cm³/mol. The normalized spacial score (nSPS) is 36.3. The summed E-state index contributed by atoms with van der Waals surface area (Å²) < 4.78 is 0. The van der Waals surface area contributed by atoms with Crippen LogP contribution in [-0.2, 0) is 4.79 Å². The third-order valence-corrected chi connectivity index (χ3v) is 4.58. The van der Waals surface area contributed by atoms with Crippen molar-refractivity contribution in [3.8, 4) is 0 Å². The number of hydrogen-bond donors (Lipinski definition) is 1. The Morgan fingerprint density at radius 1 is 1.29 bits per heavy atom. The lowest BCUT2D eigenvalue weighted by Gasteiger charge is -2.30. The fourth-order valence-electron chi connectivity index (χ4n) is 3.32. The Kier molecular flexibility index (Phi) is 3.76. The quantitative estimate of drug-likeness (QED) is 0.750. The minimum atomic E-state index is -0.328. The molecule has 2 unspecified atom stereocenters. The maximum atomic E-state index is 12.5. The molecule has 0 aromatic carbocycles. The molecule has 3 heteroatoms. The van der Waals surface area contributed by atoms with E-state index in [-0.39, 0.29) is 11.7 Å². The van der Waals surface area contributed by atoms with E-state index in [1.807, 2.05) is 6.92 Å². The molecule has 2 rings (SSSR count). The van der Waals surface area contributed by atoms with Crippen LogP contribution in [0.3, 0.4) is 0 Å². The van der Waals surface area contributed by atoms with Gasteiger partial charge in [-0.15, -0.1) is 0 Å². The van der Waals surface area contributed by atoms with E-state index in [4.69, 9.17) is 0 Å². The van der Waals surface area contributed by atoms with Gasteiger partial charge < -0.3 is 4.90 Å². The second-order valence-electron chi connectivity index (χ2n) is 5.86. The zero-order valence-corrected chi connectivity index (χ0v) is 11.5. The molecule has 2 aliphatic rings. The number of nitrogens with one attached hydrogen (secondary N) is 1. The van der Waals surface area contributed by atoms with Crippen LogP contribution in [0.2, 0.25) is 0 Å². The number of hydrogen-bond acceptors (Lipinski definition) is 2.